The summed E-state index contributed by atoms with van der Waals surface area (Å²) in [6.07, 6.45) is 0. The number of rotatable bonds is 6. The maximum Gasteiger partial charge on any atom is 0.338 e. The Kier molecular flexibility index (Phi) is 5.89. The second kappa shape index (κ2) is 8.10. The summed E-state index contributed by atoms with van der Waals surface area (Å²) < 4.78 is 23.2. The lowest BCUT2D eigenvalue weighted by atomic mass is 10.1. The number of aryl methyl sites for hydroxylation is 1. The van der Waals surface area contributed by atoms with Crippen molar-refractivity contribution in [3.05, 3.63) is 65.0 Å². The molecule has 5 nitrogen and oxygen atoms in total. The Morgan fingerprint density at radius 2 is 1.96 bits per heavy atom. The van der Waals surface area contributed by atoms with Crippen LogP contribution in [0.5, 0.6) is 5.75 Å². The summed E-state index contributed by atoms with van der Waals surface area (Å²) in [5.74, 6) is -1.85. The molecule has 0 atom stereocenters. The van der Waals surface area contributed by atoms with Crippen LogP contribution >= 0.6 is 0 Å². The molecule has 0 saturated carbocycles. The van der Waals surface area contributed by atoms with Crippen LogP contribution in [0.15, 0.2) is 42.5 Å². The highest BCUT2D eigenvalue weighted by molar-refractivity contribution is 5.91. The molecule has 0 aliphatic carbocycles. The molecule has 0 aromatic heterocycles. The van der Waals surface area contributed by atoms with Crippen molar-refractivity contribution < 1.29 is 23.5 Å². The maximum absolute atomic E-state index is 13.5. The SMILES string of the molecule is COc1ccc(C(=O)OCC(=O)NCc2cccc(C)c2)cc1F. The van der Waals surface area contributed by atoms with Gasteiger partial charge >= 0.3 is 5.97 Å². The fourth-order valence-corrected chi connectivity index (χ4v) is 2.08. The minimum absolute atomic E-state index is 0.0137. The first-order valence-corrected chi connectivity index (χ1v) is 7.32. The fraction of sp³-hybridized carbons (Fsp3) is 0.222. The molecule has 6 heteroatoms. The van der Waals surface area contributed by atoms with Gasteiger partial charge < -0.3 is 14.8 Å². The average molecular weight is 331 g/mol. The third-order valence-corrected chi connectivity index (χ3v) is 3.29. The number of amides is 1. The zero-order valence-electron chi connectivity index (χ0n) is 13.5. The van der Waals surface area contributed by atoms with E-state index in [1.54, 1.807) is 0 Å². The van der Waals surface area contributed by atoms with E-state index in [0.29, 0.717) is 6.54 Å². The first kappa shape index (κ1) is 17.5. The van der Waals surface area contributed by atoms with Crippen LogP contribution in [-0.2, 0) is 16.1 Å². The van der Waals surface area contributed by atoms with Crippen LogP contribution in [0.4, 0.5) is 4.39 Å². The number of hydrogen-bond acceptors (Lipinski definition) is 4. The maximum atomic E-state index is 13.5. The molecule has 2 aromatic carbocycles. The van der Waals surface area contributed by atoms with Crippen LogP contribution in [0, 0.1) is 12.7 Å². The molecule has 0 fully saturated rings. The number of benzene rings is 2. The number of ether oxygens (including phenoxy) is 2. The van der Waals surface area contributed by atoms with Gasteiger partial charge in [0, 0.05) is 6.54 Å². The summed E-state index contributed by atoms with van der Waals surface area (Å²) in [6.45, 7) is 1.87. The third-order valence-electron chi connectivity index (χ3n) is 3.29. The minimum Gasteiger partial charge on any atom is -0.494 e. The van der Waals surface area contributed by atoms with E-state index in [9.17, 15) is 14.0 Å². The van der Waals surface area contributed by atoms with Gasteiger partial charge in [0.05, 0.1) is 12.7 Å². The molecule has 1 N–H and O–H groups in total. The van der Waals surface area contributed by atoms with Crippen molar-refractivity contribution in [3.8, 4) is 5.75 Å². The fourth-order valence-electron chi connectivity index (χ4n) is 2.08. The molecule has 126 valence electrons. The van der Waals surface area contributed by atoms with Crippen molar-refractivity contribution in [1.82, 2.24) is 5.32 Å². The van der Waals surface area contributed by atoms with Crippen LogP contribution in [-0.4, -0.2) is 25.6 Å². The van der Waals surface area contributed by atoms with E-state index >= 15 is 0 Å². The zero-order chi connectivity index (χ0) is 17.5. The summed E-state index contributed by atoms with van der Waals surface area (Å²) in [7, 11) is 1.33. The molecule has 0 aliphatic rings. The first-order valence-electron chi connectivity index (χ1n) is 7.32. The van der Waals surface area contributed by atoms with E-state index in [4.69, 9.17) is 9.47 Å². The summed E-state index contributed by atoms with van der Waals surface area (Å²) in [4.78, 5) is 23.5. The highest BCUT2D eigenvalue weighted by atomic mass is 19.1. The molecule has 0 unspecified atom stereocenters. The molecular formula is C18H18FNO4. The van der Waals surface area contributed by atoms with E-state index in [-0.39, 0.29) is 11.3 Å². The van der Waals surface area contributed by atoms with Gasteiger partial charge in [0.1, 0.15) is 0 Å². The van der Waals surface area contributed by atoms with Gasteiger partial charge in [0.15, 0.2) is 18.2 Å². The second-order valence-electron chi connectivity index (χ2n) is 5.19. The number of carbonyl (C=O) groups excluding carboxylic acids is 2. The van der Waals surface area contributed by atoms with Gasteiger partial charge in [-0.05, 0) is 30.7 Å². The molecule has 2 aromatic rings. The molecule has 0 aliphatic heterocycles. The summed E-state index contributed by atoms with van der Waals surface area (Å²) >= 11 is 0. The van der Waals surface area contributed by atoms with Gasteiger partial charge in [0.25, 0.3) is 5.91 Å². The Bertz CT molecular complexity index is 746. The molecule has 0 bridgehead atoms. The Morgan fingerprint density at radius 1 is 1.17 bits per heavy atom. The molecular weight excluding hydrogens is 313 g/mol. The van der Waals surface area contributed by atoms with Gasteiger partial charge in [-0.1, -0.05) is 29.8 Å². The zero-order valence-corrected chi connectivity index (χ0v) is 13.5. The number of carbonyl (C=O) groups is 2. The van der Waals surface area contributed by atoms with E-state index in [1.165, 1.54) is 19.2 Å². The van der Waals surface area contributed by atoms with Crippen LogP contribution in [0.2, 0.25) is 0 Å². The molecule has 0 radical (unpaired) electrons. The third kappa shape index (κ3) is 4.81. The number of methoxy groups -OCH3 is 1. The number of hydrogen-bond donors (Lipinski definition) is 1. The second-order valence-corrected chi connectivity index (χ2v) is 5.19. The Balaban J connectivity index is 1.82. The molecule has 0 heterocycles. The highest BCUT2D eigenvalue weighted by Gasteiger charge is 2.13. The van der Waals surface area contributed by atoms with E-state index < -0.39 is 24.3 Å². The number of nitrogens with one attached hydrogen (secondary N) is 1. The Labute approximate surface area is 139 Å². The van der Waals surface area contributed by atoms with Crippen molar-refractivity contribution in [3.63, 3.8) is 0 Å². The van der Waals surface area contributed by atoms with Crippen molar-refractivity contribution in [2.45, 2.75) is 13.5 Å². The topological polar surface area (TPSA) is 64.6 Å². The Morgan fingerprint density at radius 3 is 2.62 bits per heavy atom. The van der Waals surface area contributed by atoms with Gasteiger partial charge in [-0.2, -0.15) is 0 Å². The smallest absolute Gasteiger partial charge is 0.338 e. The van der Waals surface area contributed by atoms with Gasteiger partial charge in [-0.3, -0.25) is 4.79 Å². The normalized spacial score (nSPS) is 10.1. The van der Waals surface area contributed by atoms with Gasteiger partial charge in [-0.25, -0.2) is 9.18 Å². The largest absolute Gasteiger partial charge is 0.494 e. The van der Waals surface area contributed by atoms with Crippen molar-refractivity contribution in [1.29, 1.82) is 0 Å². The monoisotopic (exact) mass is 331 g/mol. The summed E-state index contributed by atoms with van der Waals surface area (Å²) in [5.41, 5.74) is 2.06. The lowest BCUT2D eigenvalue weighted by molar-refractivity contribution is -0.124. The standard InChI is InChI=1S/C18H18FNO4/c1-12-4-3-5-13(8-12)10-20-17(21)11-24-18(22)14-6-7-16(23-2)15(19)9-14/h3-9H,10-11H2,1-2H3,(H,20,21). The van der Waals surface area contributed by atoms with E-state index in [0.717, 1.165) is 17.2 Å². The molecule has 2 rings (SSSR count). The molecule has 24 heavy (non-hydrogen) atoms. The van der Waals surface area contributed by atoms with Crippen LogP contribution in [0.1, 0.15) is 21.5 Å². The Hall–Kier alpha value is -2.89. The first-order chi connectivity index (χ1) is 11.5. The molecule has 0 spiro atoms. The average Bonchev–Trinajstić information content (AvgIpc) is 2.57. The lowest BCUT2D eigenvalue weighted by Crippen LogP contribution is -2.28. The minimum atomic E-state index is -0.776. The number of esters is 1. The van der Waals surface area contributed by atoms with Gasteiger partial charge in [-0.15, -0.1) is 0 Å². The lowest BCUT2D eigenvalue weighted by Gasteiger charge is -2.08. The van der Waals surface area contributed by atoms with Crippen LogP contribution in [0.25, 0.3) is 0 Å². The molecule has 1 amide bonds. The van der Waals surface area contributed by atoms with E-state index in [2.05, 4.69) is 5.32 Å². The predicted octanol–water partition coefficient (Wildman–Crippen LogP) is 2.62. The highest BCUT2D eigenvalue weighted by Crippen LogP contribution is 2.18. The van der Waals surface area contributed by atoms with E-state index in [1.807, 2.05) is 31.2 Å². The van der Waals surface area contributed by atoms with Crippen molar-refractivity contribution in [2.75, 3.05) is 13.7 Å². The quantitative estimate of drug-likeness (QED) is 0.827. The summed E-state index contributed by atoms with van der Waals surface area (Å²) in [6, 6.07) is 11.4. The predicted molar refractivity (Wildman–Crippen MR) is 86.3 cm³/mol. The van der Waals surface area contributed by atoms with Crippen LogP contribution in [0.3, 0.4) is 0 Å². The summed E-state index contributed by atoms with van der Waals surface area (Å²) in [5, 5.41) is 2.65. The van der Waals surface area contributed by atoms with Crippen molar-refractivity contribution in [2.24, 2.45) is 0 Å². The molecule has 0 saturated heterocycles. The number of halogens is 1. The van der Waals surface area contributed by atoms with Crippen LogP contribution < -0.4 is 10.1 Å². The van der Waals surface area contributed by atoms with Crippen molar-refractivity contribution >= 4 is 11.9 Å². The van der Waals surface area contributed by atoms with Gasteiger partial charge in [0.2, 0.25) is 0 Å².